The molecule has 0 radical (unpaired) electrons. The number of nitrogens with one attached hydrogen (secondary N) is 1. The lowest BCUT2D eigenvalue weighted by Crippen LogP contribution is -2.50. The third kappa shape index (κ3) is 5.63. The maximum absolute atomic E-state index is 13.3. The van der Waals surface area contributed by atoms with E-state index >= 15 is 0 Å². The van der Waals surface area contributed by atoms with Gasteiger partial charge in [0.15, 0.2) is 0 Å². The van der Waals surface area contributed by atoms with Gasteiger partial charge in [-0.05, 0) is 54.8 Å². The number of hydrogen-bond acceptors (Lipinski definition) is 4. The molecule has 0 heterocycles. The first kappa shape index (κ1) is 25.4. The molecular weight excluding hydrogens is 450 g/mol. The minimum atomic E-state index is -3.91. The summed E-state index contributed by atoms with van der Waals surface area (Å²) in [6.07, 6.45) is 0. The van der Waals surface area contributed by atoms with Crippen molar-refractivity contribution in [2.24, 2.45) is 0 Å². The standard InChI is InChI=1S/C26H31N3O4S/c1-5-27-26(31)20(3)29(17-23-13-7-6-10-19(23)2)25(30)18-28(4)34(32,33)24-15-14-21-11-8-9-12-22(21)16-24/h6-16,20H,5,17-18H2,1-4H3,(H,27,31). The predicted octanol–water partition coefficient (Wildman–Crippen LogP) is 3.32. The zero-order valence-corrected chi connectivity index (χ0v) is 20.8. The molecule has 0 spiro atoms. The Morgan fingerprint density at radius 3 is 2.29 bits per heavy atom. The number of carbonyl (C=O) groups excluding carboxylic acids is 2. The summed E-state index contributed by atoms with van der Waals surface area (Å²) in [7, 11) is -2.53. The molecule has 0 aromatic heterocycles. The van der Waals surface area contributed by atoms with E-state index < -0.39 is 22.0 Å². The van der Waals surface area contributed by atoms with Crippen LogP contribution in [0.1, 0.15) is 25.0 Å². The normalized spacial score (nSPS) is 12.5. The molecule has 1 N–H and O–H groups in total. The molecule has 0 saturated heterocycles. The molecule has 2 amide bonds. The molecule has 0 bridgehead atoms. The molecule has 3 aromatic carbocycles. The summed E-state index contributed by atoms with van der Waals surface area (Å²) in [6, 6.07) is 19.2. The largest absolute Gasteiger partial charge is 0.355 e. The van der Waals surface area contributed by atoms with Gasteiger partial charge in [0.05, 0.1) is 11.4 Å². The fraction of sp³-hybridized carbons (Fsp3) is 0.308. The molecule has 0 aliphatic carbocycles. The van der Waals surface area contributed by atoms with E-state index in [1.54, 1.807) is 25.1 Å². The van der Waals surface area contributed by atoms with Crippen molar-refractivity contribution in [1.82, 2.24) is 14.5 Å². The molecular formula is C26H31N3O4S. The third-order valence-electron chi connectivity index (χ3n) is 5.91. The first-order valence-electron chi connectivity index (χ1n) is 11.2. The van der Waals surface area contributed by atoms with Crippen LogP contribution in [0.2, 0.25) is 0 Å². The third-order valence-corrected chi connectivity index (χ3v) is 7.71. The second kappa shape index (κ2) is 10.8. The second-order valence-electron chi connectivity index (χ2n) is 8.29. The number of benzene rings is 3. The van der Waals surface area contributed by atoms with Crippen LogP contribution in [0.3, 0.4) is 0 Å². The van der Waals surface area contributed by atoms with Crippen molar-refractivity contribution in [3.05, 3.63) is 77.9 Å². The summed E-state index contributed by atoms with van der Waals surface area (Å²) < 4.78 is 27.5. The molecule has 3 rings (SSSR count). The number of carbonyl (C=O) groups is 2. The van der Waals surface area contributed by atoms with Gasteiger partial charge in [0.2, 0.25) is 21.8 Å². The van der Waals surface area contributed by atoms with Crippen LogP contribution in [0, 0.1) is 6.92 Å². The van der Waals surface area contributed by atoms with Crippen LogP contribution in [0.15, 0.2) is 71.6 Å². The number of fused-ring (bicyclic) bond motifs is 1. The van der Waals surface area contributed by atoms with Gasteiger partial charge in [0.1, 0.15) is 6.04 Å². The SMILES string of the molecule is CCNC(=O)C(C)N(Cc1ccccc1C)C(=O)CN(C)S(=O)(=O)c1ccc2ccccc2c1. The van der Waals surface area contributed by atoms with Gasteiger partial charge < -0.3 is 10.2 Å². The number of sulfonamides is 1. The number of rotatable bonds is 9. The number of likely N-dealkylation sites (N-methyl/N-ethyl adjacent to an activating group) is 2. The highest BCUT2D eigenvalue weighted by Gasteiger charge is 2.30. The molecule has 3 aromatic rings. The number of hydrogen-bond donors (Lipinski definition) is 1. The summed E-state index contributed by atoms with van der Waals surface area (Å²) >= 11 is 0. The van der Waals surface area contributed by atoms with Crippen molar-refractivity contribution in [3.63, 3.8) is 0 Å². The number of nitrogens with zero attached hydrogens (tertiary/aromatic N) is 2. The van der Waals surface area contributed by atoms with Gasteiger partial charge >= 0.3 is 0 Å². The lowest BCUT2D eigenvalue weighted by Gasteiger charge is -2.30. The summed E-state index contributed by atoms with van der Waals surface area (Å²) in [4.78, 5) is 27.5. The maximum Gasteiger partial charge on any atom is 0.243 e. The molecule has 7 nitrogen and oxygen atoms in total. The van der Waals surface area contributed by atoms with Crippen molar-refractivity contribution in [3.8, 4) is 0 Å². The monoisotopic (exact) mass is 481 g/mol. The van der Waals surface area contributed by atoms with Gasteiger partial charge in [-0.25, -0.2) is 8.42 Å². The van der Waals surface area contributed by atoms with Crippen LogP contribution in [0.5, 0.6) is 0 Å². The molecule has 0 fully saturated rings. The Hall–Kier alpha value is -3.23. The minimum Gasteiger partial charge on any atom is -0.355 e. The first-order valence-corrected chi connectivity index (χ1v) is 12.7. The first-order chi connectivity index (χ1) is 16.1. The molecule has 34 heavy (non-hydrogen) atoms. The average Bonchev–Trinajstić information content (AvgIpc) is 2.82. The molecule has 0 aliphatic rings. The number of amides is 2. The van der Waals surface area contributed by atoms with Gasteiger partial charge in [-0.1, -0.05) is 54.6 Å². The minimum absolute atomic E-state index is 0.115. The lowest BCUT2D eigenvalue weighted by atomic mass is 10.1. The molecule has 180 valence electrons. The fourth-order valence-corrected chi connectivity index (χ4v) is 4.91. The summed E-state index contributed by atoms with van der Waals surface area (Å²) in [6.45, 7) is 5.65. The number of aryl methyl sites for hydroxylation is 1. The van der Waals surface area contributed by atoms with E-state index in [1.807, 2.05) is 62.4 Å². The fourth-order valence-electron chi connectivity index (χ4n) is 3.75. The Morgan fingerprint density at radius 2 is 1.62 bits per heavy atom. The Kier molecular flexibility index (Phi) is 8.06. The van der Waals surface area contributed by atoms with E-state index in [4.69, 9.17) is 0 Å². The average molecular weight is 482 g/mol. The summed E-state index contributed by atoms with van der Waals surface area (Å²) in [5, 5.41) is 4.47. The van der Waals surface area contributed by atoms with E-state index in [9.17, 15) is 18.0 Å². The Bertz CT molecular complexity index is 1290. The van der Waals surface area contributed by atoms with Crippen LogP contribution in [-0.2, 0) is 26.2 Å². The van der Waals surface area contributed by atoms with Crippen LogP contribution in [-0.4, -0.2) is 55.6 Å². The highest BCUT2D eigenvalue weighted by molar-refractivity contribution is 7.89. The predicted molar refractivity (Wildman–Crippen MR) is 134 cm³/mol. The molecule has 0 aliphatic heterocycles. The van der Waals surface area contributed by atoms with Gasteiger partial charge in [-0.3, -0.25) is 9.59 Å². The maximum atomic E-state index is 13.3. The van der Waals surface area contributed by atoms with Crippen molar-refractivity contribution >= 4 is 32.6 Å². The van der Waals surface area contributed by atoms with Gasteiger partial charge in [0, 0.05) is 20.1 Å². The topological polar surface area (TPSA) is 86.8 Å². The zero-order chi connectivity index (χ0) is 24.9. The second-order valence-corrected chi connectivity index (χ2v) is 10.3. The van der Waals surface area contributed by atoms with Gasteiger partial charge in [-0.15, -0.1) is 0 Å². The van der Waals surface area contributed by atoms with Crippen molar-refractivity contribution in [2.45, 2.75) is 38.3 Å². The van der Waals surface area contributed by atoms with Crippen molar-refractivity contribution in [1.29, 1.82) is 0 Å². The van der Waals surface area contributed by atoms with E-state index in [0.29, 0.717) is 6.54 Å². The smallest absolute Gasteiger partial charge is 0.243 e. The molecule has 1 atom stereocenters. The summed E-state index contributed by atoms with van der Waals surface area (Å²) in [5.41, 5.74) is 1.88. The van der Waals surface area contributed by atoms with Crippen LogP contribution in [0.4, 0.5) is 0 Å². The van der Waals surface area contributed by atoms with E-state index in [-0.39, 0.29) is 23.9 Å². The van der Waals surface area contributed by atoms with E-state index in [2.05, 4.69) is 5.32 Å². The zero-order valence-electron chi connectivity index (χ0n) is 20.0. The highest BCUT2D eigenvalue weighted by atomic mass is 32.2. The van der Waals surface area contributed by atoms with E-state index in [0.717, 1.165) is 26.2 Å². The highest BCUT2D eigenvalue weighted by Crippen LogP contribution is 2.22. The summed E-state index contributed by atoms with van der Waals surface area (Å²) in [5.74, 6) is -0.738. The molecule has 1 unspecified atom stereocenters. The lowest BCUT2D eigenvalue weighted by molar-refractivity contribution is -0.140. The van der Waals surface area contributed by atoms with Crippen molar-refractivity contribution < 1.29 is 18.0 Å². The van der Waals surface area contributed by atoms with Gasteiger partial charge in [0.25, 0.3) is 0 Å². The Balaban J connectivity index is 1.86. The molecule has 0 saturated carbocycles. The Labute approximate surface area is 201 Å². The quantitative estimate of drug-likeness (QED) is 0.508. The van der Waals surface area contributed by atoms with Crippen LogP contribution < -0.4 is 5.32 Å². The Morgan fingerprint density at radius 1 is 0.971 bits per heavy atom. The van der Waals surface area contributed by atoms with Gasteiger partial charge in [-0.2, -0.15) is 4.31 Å². The van der Waals surface area contributed by atoms with Crippen LogP contribution in [0.25, 0.3) is 10.8 Å². The van der Waals surface area contributed by atoms with Crippen molar-refractivity contribution in [2.75, 3.05) is 20.1 Å². The van der Waals surface area contributed by atoms with Crippen LogP contribution >= 0.6 is 0 Å². The van der Waals surface area contributed by atoms with E-state index in [1.165, 1.54) is 11.9 Å². The molecule has 8 heteroatoms.